The van der Waals surface area contributed by atoms with Crippen molar-refractivity contribution in [2.45, 2.75) is 20.3 Å². The molecule has 126 valence electrons. The van der Waals surface area contributed by atoms with Crippen LogP contribution in [0, 0.1) is 5.92 Å². The van der Waals surface area contributed by atoms with Crippen LogP contribution in [0.15, 0.2) is 24.3 Å². The standard InChI is InChI=1S/C17H25N3O3/c1-13(2)12-18-16(21)11-17(22)19-14-5-3-4-6-15(14)20-7-9-23-10-8-20/h3-6,13H,7-12H2,1-2H3,(H,18,21)(H,19,22). The Hall–Kier alpha value is -2.08. The number of anilines is 2. The van der Waals surface area contributed by atoms with Crippen molar-refractivity contribution in [1.82, 2.24) is 5.32 Å². The van der Waals surface area contributed by atoms with E-state index >= 15 is 0 Å². The molecule has 1 aromatic carbocycles. The molecule has 0 atom stereocenters. The molecule has 2 N–H and O–H groups in total. The van der Waals surface area contributed by atoms with Crippen LogP contribution < -0.4 is 15.5 Å². The van der Waals surface area contributed by atoms with E-state index in [0.29, 0.717) is 25.7 Å². The number of ether oxygens (including phenoxy) is 1. The molecule has 23 heavy (non-hydrogen) atoms. The monoisotopic (exact) mass is 319 g/mol. The summed E-state index contributed by atoms with van der Waals surface area (Å²) in [5, 5.41) is 5.59. The van der Waals surface area contributed by atoms with E-state index in [4.69, 9.17) is 4.74 Å². The number of hydrogen-bond acceptors (Lipinski definition) is 4. The minimum Gasteiger partial charge on any atom is -0.378 e. The maximum Gasteiger partial charge on any atom is 0.233 e. The molecular formula is C17H25N3O3. The number of carbonyl (C=O) groups excluding carboxylic acids is 2. The number of morpholine rings is 1. The van der Waals surface area contributed by atoms with Gasteiger partial charge < -0.3 is 20.3 Å². The molecule has 0 unspecified atom stereocenters. The molecule has 0 spiro atoms. The first-order valence-corrected chi connectivity index (χ1v) is 8.04. The largest absolute Gasteiger partial charge is 0.378 e. The van der Waals surface area contributed by atoms with Gasteiger partial charge in [-0.2, -0.15) is 0 Å². The van der Waals surface area contributed by atoms with Crippen LogP contribution >= 0.6 is 0 Å². The lowest BCUT2D eigenvalue weighted by molar-refractivity contribution is -0.126. The molecule has 2 amide bonds. The Morgan fingerprint density at radius 3 is 2.57 bits per heavy atom. The maximum atomic E-state index is 12.1. The van der Waals surface area contributed by atoms with E-state index in [1.54, 1.807) is 0 Å². The number of amides is 2. The van der Waals surface area contributed by atoms with Gasteiger partial charge in [-0.3, -0.25) is 9.59 Å². The van der Waals surface area contributed by atoms with E-state index in [1.807, 2.05) is 38.1 Å². The maximum absolute atomic E-state index is 12.1. The predicted octanol–water partition coefficient (Wildman–Crippen LogP) is 1.62. The minimum absolute atomic E-state index is 0.163. The van der Waals surface area contributed by atoms with Crippen molar-refractivity contribution < 1.29 is 14.3 Å². The normalized spacial score (nSPS) is 14.7. The number of nitrogens with zero attached hydrogens (tertiary/aromatic N) is 1. The van der Waals surface area contributed by atoms with Gasteiger partial charge in [-0.15, -0.1) is 0 Å². The zero-order valence-corrected chi connectivity index (χ0v) is 13.8. The van der Waals surface area contributed by atoms with E-state index in [0.717, 1.165) is 24.5 Å². The van der Waals surface area contributed by atoms with Crippen LogP contribution in [0.25, 0.3) is 0 Å². The summed E-state index contributed by atoms with van der Waals surface area (Å²) in [6, 6.07) is 7.64. The highest BCUT2D eigenvalue weighted by molar-refractivity contribution is 6.04. The lowest BCUT2D eigenvalue weighted by Crippen LogP contribution is -2.37. The molecule has 0 radical (unpaired) electrons. The molecule has 0 bridgehead atoms. The Labute approximate surface area is 137 Å². The fourth-order valence-corrected chi connectivity index (χ4v) is 2.38. The third-order valence-corrected chi connectivity index (χ3v) is 3.56. The van der Waals surface area contributed by atoms with Gasteiger partial charge in [-0.1, -0.05) is 26.0 Å². The molecule has 0 aromatic heterocycles. The van der Waals surface area contributed by atoms with E-state index < -0.39 is 0 Å². The average molecular weight is 319 g/mol. The van der Waals surface area contributed by atoms with E-state index in [9.17, 15) is 9.59 Å². The van der Waals surface area contributed by atoms with Crippen LogP contribution in [0.1, 0.15) is 20.3 Å². The van der Waals surface area contributed by atoms with Crippen molar-refractivity contribution in [3.63, 3.8) is 0 Å². The van der Waals surface area contributed by atoms with E-state index in [-0.39, 0.29) is 18.2 Å². The summed E-state index contributed by atoms with van der Waals surface area (Å²) >= 11 is 0. The summed E-state index contributed by atoms with van der Waals surface area (Å²) in [6.45, 7) is 7.55. The number of nitrogens with one attached hydrogen (secondary N) is 2. The smallest absolute Gasteiger partial charge is 0.233 e. The highest BCUT2D eigenvalue weighted by atomic mass is 16.5. The van der Waals surface area contributed by atoms with Gasteiger partial charge >= 0.3 is 0 Å². The Morgan fingerprint density at radius 1 is 1.17 bits per heavy atom. The zero-order valence-electron chi connectivity index (χ0n) is 13.8. The molecular weight excluding hydrogens is 294 g/mol. The number of carbonyl (C=O) groups is 2. The molecule has 6 nitrogen and oxygen atoms in total. The molecule has 1 fully saturated rings. The predicted molar refractivity (Wildman–Crippen MR) is 90.6 cm³/mol. The Kier molecular flexibility index (Phi) is 6.40. The summed E-state index contributed by atoms with van der Waals surface area (Å²) in [4.78, 5) is 26.0. The number of para-hydroxylation sites is 2. The second kappa shape index (κ2) is 8.53. The summed E-state index contributed by atoms with van der Waals surface area (Å²) < 4.78 is 5.36. The number of hydrogen-bond donors (Lipinski definition) is 2. The van der Waals surface area contributed by atoms with Gasteiger partial charge in [0.25, 0.3) is 0 Å². The SMILES string of the molecule is CC(C)CNC(=O)CC(=O)Nc1ccccc1N1CCOCC1. The third-order valence-electron chi connectivity index (χ3n) is 3.56. The topological polar surface area (TPSA) is 70.7 Å². The Bertz CT molecular complexity index is 540. The van der Waals surface area contributed by atoms with Crippen LogP contribution in [0.3, 0.4) is 0 Å². The fourth-order valence-electron chi connectivity index (χ4n) is 2.38. The lowest BCUT2D eigenvalue weighted by atomic mass is 10.2. The summed E-state index contributed by atoms with van der Waals surface area (Å²) in [5.41, 5.74) is 1.70. The van der Waals surface area contributed by atoms with Crippen molar-refractivity contribution >= 4 is 23.2 Å². The van der Waals surface area contributed by atoms with Crippen molar-refractivity contribution in [1.29, 1.82) is 0 Å². The van der Waals surface area contributed by atoms with Crippen LogP contribution in [0.5, 0.6) is 0 Å². The van der Waals surface area contributed by atoms with Crippen molar-refractivity contribution in [2.24, 2.45) is 5.92 Å². The second-order valence-electron chi connectivity index (χ2n) is 6.04. The molecule has 1 aromatic rings. The molecule has 0 saturated carbocycles. The highest BCUT2D eigenvalue weighted by Crippen LogP contribution is 2.26. The van der Waals surface area contributed by atoms with Gasteiger partial charge in [0.15, 0.2) is 0 Å². The zero-order chi connectivity index (χ0) is 16.7. The van der Waals surface area contributed by atoms with Gasteiger partial charge in [-0.25, -0.2) is 0 Å². The molecule has 1 saturated heterocycles. The highest BCUT2D eigenvalue weighted by Gasteiger charge is 2.16. The second-order valence-corrected chi connectivity index (χ2v) is 6.04. The first-order valence-electron chi connectivity index (χ1n) is 8.04. The van der Waals surface area contributed by atoms with E-state index in [1.165, 1.54) is 0 Å². The quantitative estimate of drug-likeness (QED) is 0.782. The number of rotatable bonds is 6. The Morgan fingerprint density at radius 2 is 1.87 bits per heavy atom. The van der Waals surface area contributed by atoms with Gasteiger partial charge in [0.2, 0.25) is 11.8 Å². The molecule has 1 aliphatic rings. The van der Waals surface area contributed by atoms with Crippen LogP contribution in [-0.2, 0) is 14.3 Å². The molecule has 1 heterocycles. The summed E-state index contributed by atoms with van der Waals surface area (Å²) in [5.74, 6) is -0.184. The molecule has 1 aliphatic heterocycles. The summed E-state index contributed by atoms with van der Waals surface area (Å²) in [6.07, 6.45) is -0.163. The third kappa shape index (κ3) is 5.56. The molecule has 0 aliphatic carbocycles. The van der Waals surface area contributed by atoms with Crippen molar-refractivity contribution in [3.8, 4) is 0 Å². The first-order chi connectivity index (χ1) is 11.1. The average Bonchev–Trinajstić information content (AvgIpc) is 2.54. The molecule has 6 heteroatoms. The molecule has 2 rings (SSSR count). The first kappa shape index (κ1) is 17.3. The van der Waals surface area contributed by atoms with Crippen LogP contribution in [-0.4, -0.2) is 44.7 Å². The van der Waals surface area contributed by atoms with E-state index in [2.05, 4.69) is 15.5 Å². The van der Waals surface area contributed by atoms with Crippen molar-refractivity contribution in [2.75, 3.05) is 43.1 Å². The fraction of sp³-hybridized carbons (Fsp3) is 0.529. The van der Waals surface area contributed by atoms with Gasteiger partial charge in [0.05, 0.1) is 24.6 Å². The van der Waals surface area contributed by atoms with Gasteiger partial charge in [-0.05, 0) is 18.1 Å². The Balaban J connectivity index is 1.94. The van der Waals surface area contributed by atoms with Crippen LogP contribution in [0.2, 0.25) is 0 Å². The van der Waals surface area contributed by atoms with Gasteiger partial charge in [0, 0.05) is 19.6 Å². The number of benzene rings is 1. The summed E-state index contributed by atoms with van der Waals surface area (Å²) in [7, 11) is 0. The van der Waals surface area contributed by atoms with Crippen molar-refractivity contribution in [3.05, 3.63) is 24.3 Å². The van der Waals surface area contributed by atoms with Crippen LogP contribution in [0.4, 0.5) is 11.4 Å². The van der Waals surface area contributed by atoms with Gasteiger partial charge in [0.1, 0.15) is 6.42 Å². The minimum atomic E-state index is -0.299. The lowest BCUT2D eigenvalue weighted by Gasteiger charge is -2.30.